The van der Waals surface area contributed by atoms with E-state index in [2.05, 4.69) is 19.2 Å². The van der Waals surface area contributed by atoms with Gasteiger partial charge in [0.15, 0.2) is 0 Å². The van der Waals surface area contributed by atoms with E-state index in [1.54, 1.807) is 18.2 Å². The minimum Gasteiger partial charge on any atom is -0.496 e. The summed E-state index contributed by atoms with van der Waals surface area (Å²) in [5.74, 6) is 0.757. The smallest absolute Gasteiger partial charge is 0.255 e. The number of nitrogens with one attached hydrogen (secondary N) is 1. The summed E-state index contributed by atoms with van der Waals surface area (Å²) in [7, 11) is 1.51. The predicted octanol–water partition coefficient (Wildman–Crippen LogP) is 3.73. The van der Waals surface area contributed by atoms with Crippen LogP contribution < -0.4 is 10.1 Å². The largest absolute Gasteiger partial charge is 0.496 e. The molecule has 1 aromatic carbocycles. The highest BCUT2D eigenvalue weighted by atomic mass is 35.5. The van der Waals surface area contributed by atoms with Crippen LogP contribution in [0.25, 0.3) is 0 Å². The third-order valence-electron chi connectivity index (χ3n) is 2.62. The molecule has 0 aliphatic rings. The Morgan fingerprint density at radius 2 is 2.11 bits per heavy atom. The van der Waals surface area contributed by atoms with Crippen molar-refractivity contribution >= 4 is 29.1 Å². The van der Waals surface area contributed by atoms with Gasteiger partial charge in [-0.2, -0.15) is 0 Å². The van der Waals surface area contributed by atoms with Gasteiger partial charge in [-0.05, 0) is 30.5 Å². The normalized spacial score (nSPS) is 12.3. The maximum atomic E-state index is 12.0. The summed E-state index contributed by atoms with van der Waals surface area (Å²) < 4.78 is 5.14. The quantitative estimate of drug-likeness (QED) is 0.813. The summed E-state index contributed by atoms with van der Waals surface area (Å²) in [6, 6.07) is 4.91. The molecule has 0 radical (unpaired) electrons. The Morgan fingerprint density at radius 3 is 2.68 bits per heavy atom. The zero-order valence-electron chi connectivity index (χ0n) is 11.4. The number of rotatable bonds is 6. The number of benzene rings is 1. The lowest BCUT2D eigenvalue weighted by molar-refractivity contribution is 0.0950. The fourth-order valence-corrected chi connectivity index (χ4v) is 2.34. The van der Waals surface area contributed by atoms with Gasteiger partial charge < -0.3 is 10.1 Å². The van der Waals surface area contributed by atoms with Crippen molar-refractivity contribution in [3.63, 3.8) is 0 Å². The molecule has 1 rings (SSSR count). The number of hydrogen-bond donors (Lipinski definition) is 1. The monoisotopic (exact) mass is 303 g/mol. The van der Waals surface area contributed by atoms with Crippen molar-refractivity contribution in [2.24, 2.45) is 5.92 Å². The third kappa shape index (κ3) is 5.29. The molecule has 0 aliphatic heterocycles. The summed E-state index contributed by atoms with van der Waals surface area (Å²) in [5, 5.41) is 3.27. The zero-order chi connectivity index (χ0) is 14.4. The first kappa shape index (κ1) is 16.1. The molecular weight excluding hydrogens is 285 g/mol. The Labute approximate surface area is 124 Å². The maximum absolute atomic E-state index is 12.0. The molecule has 106 valence electrons. The van der Waals surface area contributed by atoms with Gasteiger partial charge in [0.25, 0.3) is 5.91 Å². The van der Waals surface area contributed by atoms with E-state index in [0.717, 1.165) is 6.42 Å². The molecule has 3 nitrogen and oxygen atoms in total. The Bertz CT molecular complexity index is 435. The molecule has 0 saturated heterocycles. The first-order valence-corrected chi connectivity index (χ1v) is 7.01. The second-order valence-corrected chi connectivity index (χ2v) is 5.84. The van der Waals surface area contributed by atoms with Crippen LogP contribution in [0.15, 0.2) is 18.2 Å². The maximum Gasteiger partial charge on any atom is 0.255 e. The van der Waals surface area contributed by atoms with Crippen molar-refractivity contribution in [2.45, 2.75) is 25.6 Å². The van der Waals surface area contributed by atoms with Crippen LogP contribution in [-0.4, -0.2) is 24.9 Å². The average Bonchev–Trinajstić information content (AvgIpc) is 2.34. The Balaban J connectivity index is 2.63. The van der Waals surface area contributed by atoms with Gasteiger partial charge in [-0.1, -0.05) is 25.4 Å². The van der Waals surface area contributed by atoms with Crippen LogP contribution in [0.2, 0.25) is 5.02 Å². The van der Waals surface area contributed by atoms with Crippen molar-refractivity contribution in [3.05, 3.63) is 28.8 Å². The molecule has 0 spiro atoms. The summed E-state index contributed by atoms with van der Waals surface area (Å²) in [4.78, 5) is 12.0. The van der Waals surface area contributed by atoms with Crippen molar-refractivity contribution in [1.29, 1.82) is 0 Å². The lowest BCUT2D eigenvalue weighted by Gasteiger charge is -2.14. The van der Waals surface area contributed by atoms with Gasteiger partial charge in [0.05, 0.1) is 18.1 Å². The number of alkyl halides is 1. The summed E-state index contributed by atoms with van der Waals surface area (Å²) in [5.41, 5.74) is 0.459. The Kier molecular flexibility index (Phi) is 6.46. The molecule has 0 bridgehead atoms. The molecule has 19 heavy (non-hydrogen) atoms. The van der Waals surface area contributed by atoms with Crippen molar-refractivity contribution < 1.29 is 9.53 Å². The first-order valence-electron chi connectivity index (χ1n) is 6.19. The summed E-state index contributed by atoms with van der Waals surface area (Å²) >= 11 is 12.0. The highest BCUT2D eigenvalue weighted by Crippen LogP contribution is 2.23. The van der Waals surface area contributed by atoms with Gasteiger partial charge in [0, 0.05) is 11.6 Å². The van der Waals surface area contributed by atoms with Gasteiger partial charge in [-0.25, -0.2) is 0 Å². The molecular formula is C14H19Cl2NO2. The SMILES string of the molecule is COc1cc(Cl)ccc1C(=O)NCC(Cl)CC(C)C. The number of carbonyl (C=O) groups excluding carboxylic acids is 1. The van der Waals surface area contributed by atoms with E-state index < -0.39 is 0 Å². The van der Waals surface area contributed by atoms with Gasteiger partial charge in [-0.3, -0.25) is 4.79 Å². The fourth-order valence-electron chi connectivity index (χ4n) is 1.75. The molecule has 0 saturated carbocycles. The topological polar surface area (TPSA) is 38.3 Å². The van der Waals surface area contributed by atoms with E-state index in [4.69, 9.17) is 27.9 Å². The predicted molar refractivity (Wildman–Crippen MR) is 79.4 cm³/mol. The van der Waals surface area contributed by atoms with Crippen LogP contribution in [0.3, 0.4) is 0 Å². The van der Waals surface area contributed by atoms with Crippen LogP contribution >= 0.6 is 23.2 Å². The van der Waals surface area contributed by atoms with Crippen LogP contribution in [0.1, 0.15) is 30.6 Å². The minimum atomic E-state index is -0.206. The number of hydrogen-bond acceptors (Lipinski definition) is 2. The van der Waals surface area contributed by atoms with E-state index in [1.807, 2.05) is 0 Å². The van der Waals surface area contributed by atoms with Gasteiger partial charge in [0.1, 0.15) is 5.75 Å². The zero-order valence-corrected chi connectivity index (χ0v) is 12.9. The molecule has 1 amide bonds. The van der Waals surface area contributed by atoms with Gasteiger partial charge >= 0.3 is 0 Å². The van der Waals surface area contributed by atoms with Crippen LogP contribution in [0.4, 0.5) is 0 Å². The molecule has 0 aromatic heterocycles. The van der Waals surface area contributed by atoms with E-state index in [-0.39, 0.29) is 11.3 Å². The molecule has 1 unspecified atom stereocenters. The molecule has 5 heteroatoms. The Hall–Kier alpha value is -0.930. The van der Waals surface area contributed by atoms with Crippen LogP contribution in [0, 0.1) is 5.92 Å². The standard InChI is InChI=1S/C14H19Cl2NO2/c1-9(2)6-11(16)8-17-14(18)12-5-4-10(15)7-13(12)19-3/h4-5,7,9,11H,6,8H2,1-3H3,(H,17,18). The number of ether oxygens (including phenoxy) is 1. The van der Waals surface area contributed by atoms with E-state index >= 15 is 0 Å². The van der Waals surface area contributed by atoms with Crippen molar-refractivity contribution in [1.82, 2.24) is 5.32 Å². The fraction of sp³-hybridized carbons (Fsp3) is 0.500. The highest BCUT2D eigenvalue weighted by molar-refractivity contribution is 6.30. The van der Waals surface area contributed by atoms with Crippen LogP contribution in [0.5, 0.6) is 5.75 Å². The molecule has 1 aromatic rings. The van der Waals surface area contributed by atoms with E-state index in [9.17, 15) is 4.79 Å². The second-order valence-electron chi connectivity index (χ2n) is 4.78. The molecule has 1 N–H and O–H groups in total. The van der Waals surface area contributed by atoms with E-state index in [0.29, 0.717) is 28.8 Å². The molecule has 0 fully saturated rings. The van der Waals surface area contributed by atoms with Gasteiger partial charge in [-0.15, -0.1) is 11.6 Å². The number of halogens is 2. The second kappa shape index (κ2) is 7.61. The number of amides is 1. The Morgan fingerprint density at radius 1 is 1.42 bits per heavy atom. The molecule has 0 aliphatic carbocycles. The number of carbonyl (C=O) groups is 1. The summed E-state index contributed by atoms with van der Waals surface area (Å²) in [6.45, 7) is 4.63. The number of methoxy groups -OCH3 is 1. The van der Waals surface area contributed by atoms with Gasteiger partial charge in [0.2, 0.25) is 0 Å². The molecule has 1 atom stereocenters. The summed E-state index contributed by atoms with van der Waals surface area (Å²) in [6.07, 6.45) is 0.861. The van der Waals surface area contributed by atoms with Crippen LogP contribution in [-0.2, 0) is 0 Å². The van der Waals surface area contributed by atoms with E-state index in [1.165, 1.54) is 7.11 Å². The lowest BCUT2D eigenvalue weighted by atomic mass is 10.1. The highest BCUT2D eigenvalue weighted by Gasteiger charge is 2.14. The van der Waals surface area contributed by atoms with Crippen molar-refractivity contribution in [2.75, 3.05) is 13.7 Å². The average molecular weight is 304 g/mol. The third-order valence-corrected chi connectivity index (χ3v) is 3.19. The molecule has 0 heterocycles. The lowest BCUT2D eigenvalue weighted by Crippen LogP contribution is -2.30. The van der Waals surface area contributed by atoms with Crippen molar-refractivity contribution in [3.8, 4) is 5.75 Å². The first-order chi connectivity index (χ1) is 8.93. The minimum absolute atomic E-state index is 0.0674.